The molecular formula is C8H10ClN3O. The number of benzene rings is 1. The highest BCUT2D eigenvalue weighted by molar-refractivity contribution is 6.33. The van der Waals surface area contributed by atoms with E-state index in [0.29, 0.717) is 10.7 Å². The number of amides is 1. The molecule has 0 aliphatic carbocycles. The van der Waals surface area contributed by atoms with E-state index >= 15 is 0 Å². The Balaban J connectivity index is 2.63. The molecular weight excluding hydrogens is 190 g/mol. The zero-order chi connectivity index (χ0) is 9.68. The van der Waals surface area contributed by atoms with Gasteiger partial charge in [0.15, 0.2) is 0 Å². The summed E-state index contributed by atoms with van der Waals surface area (Å²) in [6.45, 7) is 0.0607. The van der Waals surface area contributed by atoms with E-state index in [1.165, 1.54) is 0 Å². The van der Waals surface area contributed by atoms with Gasteiger partial charge in [-0.1, -0.05) is 23.7 Å². The number of carbonyl (C=O) groups excluding carboxylic acids is 1. The van der Waals surface area contributed by atoms with Crippen molar-refractivity contribution in [1.29, 1.82) is 0 Å². The lowest BCUT2D eigenvalue weighted by Gasteiger charge is -2.05. The molecule has 0 atom stereocenters. The predicted molar refractivity (Wildman–Crippen MR) is 52.3 cm³/mol. The minimum absolute atomic E-state index is 0.0607. The zero-order valence-corrected chi connectivity index (χ0v) is 7.64. The third-order valence-corrected chi connectivity index (χ3v) is 1.74. The van der Waals surface area contributed by atoms with Crippen LogP contribution in [0.2, 0.25) is 5.02 Å². The van der Waals surface area contributed by atoms with Crippen molar-refractivity contribution in [2.24, 2.45) is 5.84 Å². The van der Waals surface area contributed by atoms with Crippen LogP contribution >= 0.6 is 11.6 Å². The molecule has 0 saturated heterocycles. The molecule has 0 aromatic heterocycles. The molecule has 13 heavy (non-hydrogen) atoms. The quantitative estimate of drug-likeness (QED) is 0.497. The number of hydrogen-bond donors (Lipinski definition) is 3. The largest absolute Gasteiger partial charge is 0.324 e. The third-order valence-electron chi connectivity index (χ3n) is 1.41. The predicted octanol–water partition coefficient (Wildman–Crippen LogP) is 0.742. The van der Waals surface area contributed by atoms with E-state index in [-0.39, 0.29) is 12.5 Å². The average Bonchev–Trinajstić information content (AvgIpc) is 2.09. The Morgan fingerprint density at radius 2 is 2.15 bits per heavy atom. The fraction of sp³-hybridized carbons (Fsp3) is 0.125. The average molecular weight is 200 g/mol. The minimum atomic E-state index is -0.226. The van der Waals surface area contributed by atoms with E-state index in [1.54, 1.807) is 24.3 Å². The summed E-state index contributed by atoms with van der Waals surface area (Å²) in [4.78, 5) is 11.1. The van der Waals surface area contributed by atoms with Gasteiger partial charge in [0.2, 0.25) is 5.91 Å². The first-order chi connectivity index (χ1) is 6.24. The molecule has 0 unspecified atom stereocenters. The fourth-order valence-electron chi connectivity index (χ4n) is 0.850. The second kappa shape index (κ2) is 4.81. The van der Waals surface area contributed by atoms with E-state index in [4.69, 9.17) is 17.4 Å². The lowest BCUT2D eigenvalue weighted by Crippen LogP contribution is -2.32. The molecule has 0 fully saturated rings. The molecule has 4 N–H and O–H groups in total. The summed E-state index contributed by atoms with van der Waals surface area (Å²) < 4.78 is 0. The highest BCUT2D eigenvalue weighted by atomic mass is 35.5. The maximum atomic E-state index is 11.1. The molecule has 0 saturated carbocycles. The van der Waals surface area contributed by atoms with Gasteiger partial charge in [-0.05, 0) is 12.1 Å². The van der Waals surface area contributed by atoms with Crippen LogP contribution in [0.3, 0.4) is 0 Å². The zero-order valence-electron chi connectivity index (χ0n) is 6.88. The topological polar surface area (TPSA) is 67.1 Å². The highest BCUT2D eigenvalue weighted by Crippen LogP contribution is 2.19. The second-order valence-corrected chi connectivity index (χ2v) is 2.82. The standard InChI is InChI=1S/C8H10ClN3O/c9-6-3-1-2-4-7(6)12-8(13)5-11-10/h1-4,11H,5,10H2,(H,12,13). The number of nitrogens with one attached hydrogen (secondary N) is 2. The van der Waals surface area contributed by atoms with Gasteiger partial charge in [0.05, 0.1) is 17.3 Å². The lowest BCUT2D eigenvalue weighted by molar-refractivity contribution is -0.115. The monoisotopic (exact) mass is 199 g/mol. The van der Waals surface area contributed by atoms with Crippen molar-refractivity contribution in [3.63, 3.8) is 0 Å². The van der Waals surface area contributed by atoms with Crippen LogP contribution in [0.1, 0.15) is 0 Å². The van der Waals surface area contributed by atoms with Gasteiger partial charge in [0, 0.05) is 0 Å². The summed E-state index contributed by atoms with van der Waals surface area (Å²) >= 11 is 5.80. The molecule has 0 spiro atoms. The number of nitrogens with two attached hydrogens (primary N) is 1. The van der Waals surface area contributed by atoms with Crippen LogP contribution in [0.25, 0.3) is 0 Å². The van der Waals surface area contributed by atoms with Crippen molar-refractivity contribution in [1.82, 2.24) is 5.43 Å². The van der Waals surface area contributed by atoms with Crippen LogP contribution in [0.15, 0.2) is 24.3 Å². The number of halogens is 1. The van der Waals surface area contributed by atoms with Crippen LogP contribution in [0, 0.1) is 0 Å². The summed E-state index contributed by atoms with van der Waals surface area (Å²) in [5.74, 6) is 4.75. The maximum absolute atomic E-state index is 11.1. The Kier molecular flexibility index (Phi) is 3.70. The summed E-state index contributed by atoms with van der Waals surface area (Å²) in [7, 11) is 0. The number of para-hydroxylation sites is 1. The third kappa shape index (κ3) is 3.02. The van der Waals surface area contributed by atoms with Gasteiger partial charge < -0.3 is 5.32 Å². The van der Waals surface area contributed by atoms with Crippen LogP contribution in [-0.4, -0.2) is 12.5 Å². The van der Waals surface area contributed by atoms with Crippen LogP contribution < -0.4 is 16.6 Å². The molecule has 0 aliphatic heterocycles. The van der Waals surface area contributed by atoms with E-state index in [9.17, 15) is 4.79 Å². The van der Waals surface area contributed by atoms with Gasteiger partial charge in [-0.3, -0.25) is 16.1 Å². The Morgan fingerprint density at radius 3 is 2.77 bits per heavy atom. The van der Waals surface area contributed by atoms with Crippen molar-refractivity contribution in [3.8, 4) is 0 Å². The molecule has 5 heteroatoms. The second-order valence-electron chi connectivity index (χ2n) is 2.41. The van der Waals surface area contributed by atoms with Crippen molar-refractivity contribution < 1.29 is 4.79 Å². The number of carbonyl (C=O) groups is 1. The first-order valence-electron chi connectivity index (χ1n) is 3.72. The molecule has 1 amide bonds. The van der Waals surface area contributed by atoms with Crippen molar-refractivity contribution in [3.05, 3.63) is 29.3 Å². The summed E-state index contributed by atoms with van der Waals surface area (Å²) in [6.07, 6.45) is 0. The van der Waals surface area contributed by atoms with Crippen LogP contribution in [0.4, 0.5) is 5.69 Å². The highest BCUT2D eigenvalue weighted by Gasteiger charge is 2.02. The molecule has 1 rings (SSSR count). The van der Waals surface area contributed by atoms with Crippen LogP contribution in [-0.2, 0) is 4.79 Å². The Morgan fingerprint density at radius 1 is 1.46 bits per heavy atom. The molecule has 70 valence electrons. The van der Waals surface area contributed by atoms with Gasteiger partial charge in [-0.25, -0.2) is 0 Å². The van der Waals surface area contributed by atoms with Crippen molar-refractivity contribution >= 4 is 23.2 Å². The first-order valence-corrected chi connectivity index (χ1v) is 4.09. The SMILES string of the molecule is NNCC(=O)Nc1ccccc1Cl. The Labute approximate surface area is 81.0 Å². The van der Waals surface area contributed by atoms with Gasteiger partial charge in [-0.2, -0.15) is 0 Å². The normalized spacial score (nSPS) is 9.69. The van der Waals surface area contributed by atoms with Crippen molar-refractivity contribution in [2.45, 2.75) is 0 Å². The molecule has 0 bridgehead atoms. The smallest absolute Gasteiger partial charge is 0.239 e. The summed E-state index contributed by atoms with van der Waals surface area (Å²) in [5.41, 5.74) is 2.84. The molecule has 0 aliphatic rings. The number of anilines is 1. The van der Waals surface area contributed by atoms with Gasteiger partial charge >= 0.3 is 0 Å². The van der Waals surface area contributed by atoms with E-state index in [2.05, 4.69) is 10.7 Å². The number of hydrogen-bond acceptors (Lipinski definition) is 3. The summed E-state index contributed by atoms with van der Waals surface area (Å²) in [5, 5.41) is 3.11. The molecule has 4 nitrogen and oxygen atoms in total. The van der Waals surface area contributed by atoms with Crippen molar-refractivity contribution in [2.75, 3.05) is 11.9 Å². The number of rotatable bonds is 3. The first kappa shape index (κ1) is 9.98. The Bertz CT molecular complexity index is 303. The van der Waals surface area contributed by atoms with E-state index in [0.717, 1.165) is 0 Å². The van der Waals surface area contributed by atoms with E-state index in [1.807, 2.05) is 0 Å². The minimum Gasteiger partial charge on any atom is -0.324 e. The Hall–Kier alpha value is -1.10. The van der Waals surface area contributed by atoms with Gasteiger partial charge in [0.1, 0.15) is 0 Å². The fourth-order valence-corrected chi connectivity index (χ4v) is 1.03. The molecule has 0 heterocycles. The number of hydrazine groups is 1. The molecule has 1 aromatic rings. The van der Waals surface area contributed by atoms with Crippen LogP contribution in [0.5, 0.6) is 0 Å². The lowest BCUT2D eigenvalue weighted by atomic mass is 10.3. The molecule has 1 aromatic carbocycles. The van der Waals surface area contributed by atoms with Gasteiger partial charge in [-0.15, -0.1) is 0 Å². The summed E-state index contributed by atoms with van der Waals surface area (Å²) in [6, 6.07) is 7.00. The maximum Gasteiger partial charge on any atom is 0.239 e. The van der Waals surface area contributed by atoms with Gasteiger partial charge in [0.25, 0.3) is 0 Å². The van der Waals surface area contributed by atoms with E-state index < -0.39 is 0 Å². The molecule has 0 radical (unpaired) electrons.